The first-order valence-corrected chi connectivity index (χ1v) is 11.7. The molecule has 158 valence electrons. The molecule has 3 heteroatoms. The number of rotatable bonds is 10. The molecule has 0 N–H and O–H groups in total. The second kappa shape index (κ2) is 12.2. The minimum atomic E-state index is -4.02. The Morgan fingerprint density at radius 3 is 1.96 bits per heavy atom. The fourth-order valence-corrected chi connectivity index (χ4v) is 5.33. The Kier molecular flexibility index (Phi) is 10.3. The van der Waals surface area contributed by atoms with Crippen LogP contribution in [0.3, 0.4) is 0 Å². The van der Waals surface area contributed by atoms with Crippen molar-refractivity contribution in [3.05, 3.63) is 12.2 Å². The average molecular weight is 387 g/mol. The van der Waals surface area contributed by atoms with E-state index < -0.39 is 12.6 Å². The molecule has 0 unspecified atom stereocenters. The van der Waals surface area contributed by atoms with Crippen molar-refractivity contribution >= 4 is 0 Å². The van der Waals surface area contributed by atoms with Crippen LogP contribution in [-0.2, 0) is 0 Å². The van der Waals surface area contributed by atoms with E-state index in [1.807, 2.05) is 0 Å². The third-order valence-electron chi connectivity index (χ3n) is 7.09. The predicted octanol–water partition coefficient (Wildman–Crippen LogP) is 8.86. The zero-order valence-corrected chi connectivity index (χ0v) is 17.4. The highest BCUT2D eigenvalue weighted by atomic mass is 19.4. The highest BCUT2D eigenvalue weighted by Gasteiger charge is 2.30. The van der Waals surface area contributed by atoms with Gasteiger partial charge in [-0.2, -0.15) is 13.2 Å². The maximum Gasteiger partial charge on any atom is 0.389 e. The first-order valence-electron chi connectivity index (χ1n) is 11.7. The molecule has 0 bridgehead atoms. The van der Waals surface area contributed by atoms with Crippen LogP contribution in [0.1, 0.15) is 110 Å². The first-order chi connectivity index (χ1) is 13.0. The van der Waals surface area contributed by atoms with E-state index in [9.17, 15) is 13.2 Å². The second-order valence-electron chi connectivity index (χ2n) is 9.24. The van der Waals surface area contributed by atoms with Gasteiger partial charge in [0.25, 0.3) is 0 Å². The third-order valence-corrected chi connectivity index (χ3v) is 7.09. The SMILES string of the molecule is CCCCCCCC1CCC(C2CCC(/C=C/CCC(F)(F)F)CC2)CC1. The lowest BCUT2D eigenvalue weighted by molar-refractivity contribution is -0.133. The van der Waals surface area contributed by atoms with Gasteiger partial charge in [-0.3, -0.25) is 0 Å². The van der Waals surface area contributed by atoms with Gasteiger partial charge in [-0.05, 0) is 68.6 Å². The lowest BCUT2D eigenvalue weighted by atomic mass is 9.68. The molecule has 2 aliphatic rings. The van der Waals surface area contributed by atoms with Crippen molar-refractivity contribution in [3.8, 4) is 0 Å². The molecule has 2 aliphatic carbocycles. The van der Waals surface area contributed by atoms with Crippen LogP contribution in [0.4, 0.5) is 13.2 Å². The minimum Gasteiger partial charge on any atom is -0.171 e. The summed E-state index contributed by atoms with van der Waals surface area (Å²) < 4.78 is 36.6. The van der Waals surface area contributed by atoms with E-state index in [1.165, 1.54) is 89.9 Å². The van der Waals surface area contributed by atoms with Crippen molar-refractivity contribution in [2.45, 2.75) is 116 Å². The molecule has 0 aromatic carbocycles. The summed E-state index contributed by atoms with van der Waals surface area (Å²) >= 11 is 0. The standard InChI is InChI=1S/C24H41F3/c1-2-3-4-5-6-9-20-11-15-22(16-12-20)23-17-13-21(14-18-23)10-7-8-19-24(25,26)27/h7,10,20-23H,2-6,8-9,11-19H2,1H3/b10-7+. The lowest BCUT2D eigenvalue weighted by Crippen LogP contribution is -2.25. The van der Waals surface area contributed by atoms with E-state index in [1.54, 1.807) is 6.08 Å². The highest BCUT2D eigenvalue weighted by molar-refractivity contribution is 4.92. The van der Waals surface area contributed by atoms with E-state index in [4.69, 9.17) is 0 Å². The fraction of sp³-hybridized carbons (Fsp3) is 0.917. The Morgan fingerprint density at radius 2 is 1.37 bits per heavy atom. The van der Waals surface area contributed by atoms with Crippen LogP contribution in [0.5, 0.6) is 0 Å². The molecule has 0 radical (unpaired) electrons. The molecule has 0 aromatic rings. The topological polar surface area (TPSA) is 0 Å². The van der Waals surface area contributed by atoms with Gasteiger partial charge in [-0.1, -0.05) is 70.4 Å². The van der Waals surface area contributed by atoms with E-state index >= 15 is 0 Å². The summed E-state index contributed by atoms with van der Waals surface area (Å²) in [7, 11) is 0. The van der Waals surface area contributed by atoms with E-state index in [0.717, 1.165) is 17.8 Å². The lowest BCUT2D eigenvalue weighted by Gasteiger charge is -2.37. The molecule has 2 fully saturated rings. The molecular formula is C24H41F3. The molecule has 0 saturated heterocycles. The smallest absolute Gasteiger partial charge is 0.171 e. The van der Waals surface area contributed by atoms with Gasteiger partial charge in [-0.15, -0.1) is 0 Å². The van der Waals surface area contributed by atoms with Crippen molar-refractivity contribution in [1.29, 1.82) is 0 Å². The van der Waals surface area contributed by atoms with Crippen LogP contribution in [0.15, 0.2) is 12.2 Å². The molecule has 0 amide bonds. The Hall–Kier alpha value is -0.470. The number of alkyl halides is 3. The van der Waals surface area contributed by atoms with Crippen molar-refractivity contribution < 1.29 is 13.2 Å². The largest absolute Gasteiger partial charge is 0.389 e. The van der Waals surface area contributed by atoms with Crippen LogP contribution in [-0.4, -0.2) is 6.18 Å². The van der Waals surface area contributed by atoms with E-state index in [0.29, 0.717) is 5.92 Å². The zero-order valence-electron chi connectivity index (χ0n) is 17.4. The second-order valence-corrected chi connectivity index (χ2v) is 9.24. The van der Waals surface area contributed by atoms with Crippen LogP contribution in [0.2, 0.25) is 0 Å². The number of hydrogen-bond donors (Lipinski definition) is 0. The number of unbranched alkanes of at least 4 members (excludes halogenated alkanes) is 4. The van der Waals surface area contributed by atoms with Gasteiger partial charge in [0.05, 0.1) is 0 Å². The van der Waals surface area contributed by atoms with E-state index in [-0.39, 0.29) is 6.42 Å². The number of halogens is 3. The molecule has 0 nitrogen and oxygen atoms in total. The zero-order chi connectivity index (χ0) is 19.5. The molecule has 0 spiro atoms. The van der Waals surface area contributed by atoms with Gasteiger partial charge in [-0.25, -0.2) is 0 Å². The minimum absolute atomic E-state index is 0.145. The quantitative estimate of drug-likeness (QED) is 0.260. The fourth-order valence-electron chi connectivity index (χ4n) is 5.33. The summed E-state index contributed by atoms with van der Waals surface area (Å²) in [6.07, 6.45) is 18.4. The molecule has 0 atom stereocenters. The average Bonchev–Trinajstić information content (AvgIpc) is 2.65. The number of allylic oxidation sites excluding steroid dienone is 2. The van der Waals surface area contributed by atoms with Gasteiger partial charge in [0, 0.05) is 6.42 Å². The van der Waals surface area contributed by atoms with Crippen LogP contribution < -0.4 is 0 Å². The Labute approximate surface area is 165 Å². The van der Waals surface area contributed by atoms with Gasteiger partial charge in [0.15, 0.2) is 0 Å². The summed E-state index contributed by atoms with van der Waals surface area (Å²) in [6.45, 7) is 2.28. The molecule has 2 saturated carbocycles. The summed E-state index contributed by atoms with van der Waals surface area (Å²) in [4.78, 5) is 0. The van der Waals surface area contributed by atoms with Crippen LogP contribution in [0, 0.1) is 23.7 Å². The summed E-state index contributed by atoms with van der Waals surface area (Å²) in [5.74, 6) is 3.32. The molecular weight excluding hydrogens is 345 g/mol. The first kappa shape index (κ1) is 22.8. The van der Waals surface area contributed by atoms with Crippen molar-refractivity contribution in [3.63, 3.8) is 0 Å². The van der Waals surface area contributed by atoms with Gasteiger partial charge in [0.1, 0.15) is 0 Å². The molecule has 2 rings (SSSR count). The monoisotopic (exact) mass is 386 g/mol. The molecule has 27 heavy (non-hydrogen) atoms. The Morgan fingerprint density at radius 1 is 0.778 bits per heavy atom. The summed E-state index contributed by atoms with van der Waals surface area (Å²) in [5.41, 5.74) is 0. The van der Waals surface area contributed by atoms with Crippen LogP contribution in [0.25, 0.3) is 0 Å². The Bertz CT molecular complexity index is 396. The van der Waals surface area contributed by atoms with Crippen LogP contribution >= 0.6 is 0 Å². The van der Waals surface area contributed by atoms with E-state index in [2.05, 4.69) is 13.0 Å². The summed E-state index contributed by atoms with van der Waals surface area (Å²) in [5, 5.41) is 0. The maximum absolute atomic E-state index is 12.2. The molecule has 0 heterocycles. The van der Waals surface area contributed by atoms with Gasteiger partial charge < -0.3 is 0 Å². The summed E-state index contributed by atoms with van der Waals surface area (Å²) in [6, 6.07) is 0. The van der Waals surface area contributed by atoms with Crippen molar-refractivity contribution in [1.82, 2.24) is 0 Å². The van der Waals surface area contributed by atoms with Gasteiger partial charge >= 0.3 is 6.18 Å². The highest BCUT2D eigenvalue weighted by Crippen LogP contribution is 2.42. The van der Waals surface area contributed by atoms with Gasteiger partial charge in [0.2, 0.25) is 0 Å². The molecule has 0 aromatic heterocycles. The Balaban J connectivity index is 1.56. The molecule has 0 aliphatic heterocycles. The van der Waals surface area contributed by atoms with Crippen molar-refractivity contribution in [2.24, 2.45) is 23.7 Å². The van der Waals surface area contributed by atoms with Crippen molar-refractivity contribution in [2.75, 3.05) is 0 Å². The number of hydrogen-bond acceptors (Lipinski definition) is 0. The predicted molar refractivity (Wildman–Crippen MR) is 109 cm³/mol. The third kappa shape index (κ3) is 9.52. The normalized spacial score (nSPS) is 30.1. The maximum atomic E-state index is 12.2.